The van der Waals surface area contributed by atoms with E-state index in [-0.39, 0.29) is 48.0 Å². The van der Waals surface area contributed by atoms with E-state index in [0.29, 0.717) is 24.9 Å². The number of rotatable bonds is 7. The van der Waals surface area contributed by atoms with Crippen LogP contribution >= 0.6 is 0 Å². The van der Waals surface area contributed by atoms with Crippen LogP contribution in [0, 0.1) is 6.92 Å². The Morgan fingerprint density at radius 1 is 1.03 bits per heavy atom. The summed E-state index contributed by atoms with van der Waals surface area (Å²) in [5.74, 6) is 0.0563. The Kier molecular flexibility index (Phi) is 8.05. The van der Waals surface area contributed by atoms with Gasteiger partial charge in [-0.25, -0.2) is 4.39 Å². The Balaban J connectivity index is 1.88. The number of nitrogens with zero attached hydrogens (tertiary/aromatic N) is 6. The number of hydrogen-bond donors (Lipinski definition) is 1. The third-order valence-corrected chi connectivity index (χ3v) is 6.67. The quantitative estimate of drug-likeness (QED) is 0.392. The summed E-state index contributed by atoms with van der Waals surface area (Å²) in [6, 6.07) is 4.78. The van der Waals surface area contributed by atoms with Crippen molar-refractivity contribution in [2.45, 2.75) is 51.4 Å². The number of aliphatic hydroxyl groups is 1. The third-order valence-electron chi connectivity index (χ3n) is 6.67. The summed E-state index contributed by atoms with van der Waals surface area (Å²) in [5.41, 5.74) is -1.15. The Bertz CT molecular complexity index is 1310. The number of alkyl halides is 7. The number of tetrazole rings is 1. The average Bonchev–Trinajstić information content (AvgIpc) is 3.21. The van der Waals surface area contributed by atoms with Crippen LogP contribution in [0.15, 0.2) is 30.3 Å². The molecular weight excluding hydrogens is 533 g/mol. The molecule has 1 aliphatic heterocycles. The molecule has 1 atom stereocenters. The molecule has 4 rings (SSSR count). The van der Waals surface area contributed by atoms with E-state index in [4.69, 9.17) is 0 Å². The number of hydrogen-bond acceptors (Lipinski definition) is 6. The lowest BCUT2D eigenvalue weighted by molar-refractivity contribution is -0.138. The van der Waals surface area contributed by atoms with Crippen molar-refractivity contribution in [1.82, 2.24) is 20.2 Å². The molecule has 0 aliphatic carbocycles. The van der Waals surface area contributed by atoms with Crippen molar-refractivity contribution in [3.05, 3.63) is 63.7 Å². The summed E-state index contributed by atoms with van der Waals surface area (Å²) in [7, 11) is 1.50. The van der Waals surface area contributed by atoms with E-state index in [1.165, 1.54) is 26.1 Å². The Morgan fingerprint density at radius 3 is 2.33 bits per heavy atom. The minimum Gasteiger partial charge on any atom is -0.395 e. The summed E-state index contributed by atoms with van der Waals surface area (Å²) in [6.07, 6.45) is -8.43. The zero-order chi connectivity index (χ0) is 28.5. The summed E-state index contributed by atoms with van der Waals surface area (Å²) >= 11 is 0. The summed E-state index contributed by atoms with van der Waals surface area (Å²) < 4.78 is 95.6. The van der Waals surface area contributed by atoms with Gasteiger partial charge in [0.25, 0.3) is 5.95 Å². The van der Waals surface area contributed by atoms with Crippen LogP contribution in [0.1, 0.15) is 52.3 Å². The second-order valence-electron chi connectivity index (χ2n) is 9.47. The van der Waals surface area contributed by atoms with Gasteiger partial charge in [0.15, 0.2) is 0 Å². The van der Waals surface area contributed by atoms with E-state index in [9.17, 15) is 35.8 Å². The molecule has 0 saturated heterocycles. The number of halogens is 7. The maximum atomic E-state index is 13.8. The molecule has 1 aromatic heterocycles. The molecule has 0 unspecified atom stereocenters. The van der Waals surface area contributed by atoms with E-state index in [1.54, 1.807) is 9.80 Å². The van der Waals surface area contributed by atoms with Gasteiger partial charge in [-0.05, 0) is 65.4 Å². The number of benzene rings is 2. The Morgan fingerprint density at radius 2 is 1.74 bits per heavy atom. The lowest BCUT2D eigenvalue weighted by Crippen LogP contribution is -2.31. The fourth-order valence-corrected chi connectivity index (χ4v) is 4.99. The van der Waals surface area contributed by atoms with Gasteiger partial charge in [-0.2, -0.15) is 31.1 Å². The third kappa shape index (κ3) is 6.26. The fourth-order valence-electron chi connectivity index (χ4n) is 4.99. The van der Waals surface area contributed by atoms with Crippen molar-refractivity contribution < 1.29 is 35.8 Å². The minimum absolute atomic E-state index is 0.0251. The Hall–Kier alpha value is -3.42. The molecular formula is C25H27F7N6O. The first kappa shape index (κ1) is 28.6. The summed E-state index contributed by atoms with van der Waals surface area (Å²) in [5, 5.41) is 21.7. The SMILES string of the molecule is Cc1cc2c(cc1C(F)(F)F)N(CCO)CCC[C@@H]2N(Cc1cc(CF)cc(C(F)(F)F)c1)c1nnn(C)n1. The van der Waals surface area contributed by atoms with Crippen molar-refractivity contribution in [2.75, 3.05) is 29.5 Å². The van der Waals surface area contributed by atoms with Gasteiger partial charge in [0, 0.05) is 25.3 Å². The van der Waals surface area contributed by atoms with Crippen molar-refractivity contribution in [3.63, 3.8) is 0 Å². The van der Waals surface area contributed by atoms with Crippen LogP contribution in [0.25, 0.3) is 0 Å². The van der Waals surface area contributed by atoms with Crippen molar-refractivity contribution in [3.8, 4) is 0 Å². The first-order chi connectivity index (χ1) is 18.3. The van der Waals surface area contributed by atoms with E-state index in [1.807, 2.05) is 0 Å². The van der Waals surface area contributed by atoms with E-state index >= 15 is 0 Å². The zero-order valence-electron chi connectivity index (χ0n) is 21.2. The highest BCUT2D eigenvalue weighted by Crippen LogP contribution is 2.43. The van der Waals surface area contributed by atoms with Crippen LogP contribution < -0.4 is 9.80 Å². The maximum Gasteiger partial charge on any atom is 0.416 e. The number of aryl methyl sites for hydroxylation is 2. The topological polar surface area (TPSA) is 70.3 Å². The zero-order valence-corrected chi connectivity index (χ0v) is 21.2. The van der Waals surface area contributed by atoms with Crippen molar-refractivity contribution >= 4 is 11.6 Å². The fraction of sp³-hybridized carbons (Fsp3) is 0.480. The molecule has 1 aliphatic rings. The lowest BCUT2D eigenvalue weighted by Gasteiger charge is -2.33. The van der Waals surface area contributed by atoms with E-state index < -0.39 is 36.2 Å². The molecule has 0 spiro atoms. The van der Waals surface area contributed by atoms with Gasteiger partial charge < -0.3 is 14.9 Å². The number of anilines is 2. The van der Waals surface area contributed by atoms with Crippen LogP contribution in [-0.4, -0.2) is 45.0 Å². The van der Waals surface area contributed by atoms with E-state index in [2.05, 4.69) is 15.4 Å². The number of β-amino-alcohol motifs (C(OH)–C–C–N with tert-alkyl or cyclic N) is 1. The normalized spacial score (nSPS) is 16.3. The Labute approximate surface area is 219 Å². The molecule has 1 N–H and O–H groups in total. The highest BCUT2D eigenvalue weighted by atomic mass is 19.4. The standard InChI is InChI=1S/C25H27F7N6O/c1-15-8-19-21(4-3-5-37(6-7-39)22(19)12-20(15)25(30,31)32)38(23-33-35-36(2)34-23)14-17-9-16(13-26)10-18(11-17)24(27,28)29/h8-12,21,39H,3-7,13-14H2,1-2H3/t21-/m0/s1. The van der Waals surface area contributed by atoms with Crippen LogP contribution in [0.4, 0.5) is 42.4 Å². The van der Waals surface area contributed by atoms with Crippen LogP contribution in [0.3, 0.4) is 0 Å². The molecule has 0 radical (unpaired) electrons. The van der Waals surface area contributed by atoms with Crippen LogP contribution in [0.5, 0.6) is 0 Å². The molecule has 39 heavy (non-hydrogen) atoms. The first-order valence-electron chi connectivity index (χ1n) is 12.2. The van der Waals surface area contributed by atoms with Gasteiger partial charge in [-0.15, -0.1) is 5.10 Å². The maximum absolute atomic E-state index is 13.8. The molecule has 2 aromatic carbocycles. The highest BCUT2D eigenvalue weighted by Gasteiger charge is 2.37. The van der Waals surface area contributed by atoms with Gasteiger partial charge in [0.1, 0.15) is 6.67 Å². The van der Waals surface area contributed by atoms with Crippen LogP contribution in [-0.2, 0) is 32.6 Å². The number of fused-ring (bicyclic) bond motifs is 1. The van der Waals surface area contributed by atoms with Crippen molar-refractivity contribution in [2.24, 2.45) is 7.05 Å². The molecule has 2 heterocycles. The van der Waals surface area contributed by atoms with Crippen molar-refractivity contribution in [1.29, 1.82) is 0 Å². The summed E-state index contributed by atoms with van der Waals surface area (Å²) in [4.78, 5) is 4.41. The molecule has 0 saturated carbocycles. The van der Waals surface area contributed by atoms with Gasteiger partial charge in [0.2, 0.25) is 0 Å². The molecule has 0 fully saturated rings. The molecule has 0 bridgehead atoms. The van der Waals surface area contributed by atoms with Gasteiger partial charge >= 0.3 is 12.4 Å². The van der Waals surface area contributed by atoms with Crippen LogP contribution in [0.2, 0.25) is 0 Å². The molecule has 3 aromatic rings. The molecule has 7 nitrogen and oxygen atoms in total. The first-order valence-corrected chi connectivity index (χ1v) is 12.2. The summed E-state index contributed by atoms with van der Waals surface area (Å²) in [6.45, 7) is 0.200. The smallest absolute Gasteiger partial charge is 0.395 e. The predicted octanol–water partition coefficient (Wildman–Crippen LogP) is 5.37. The lowest BCUT2D eigenvalue weighted by atomic mass is 9.94. The molecule has 14 heteroatoms. The molecule has 212 valence electrons. The second kappa shape index (κ2) is 11.0. The van der Waals surface area contributed by atoms with E-state index in [0.717, 1.165) is 23.0 Å². The monoisotopic (exact) mass is 560 g/mol. The molecule has 0 amide bonds. The average molecular weight is 561 g/mol. The van der Waals surface area contributed by atoms with Gasteiger partial charge in [-0.1, -0.05) is 17.2 Å². The van der Waals surface area contributed by atoms with Gasteiger partial charge in [0.05, 0.1) is 30.8 Å². The predicted molar refractivity (Wildman–Crippen MR) is 129 cm³/mol. The number of aromatic nitrogens is 4. The number of aliphatic hydroxyl groups excluding tert-OH is 1. The second-order valence-corrected chi connectivity index (χ2v) is 9.47. The largest absolute Gasteiger partial charge is 0.416 e. The minimum atomic E-state index is -4.71. The van der Waals surface area contributed by atoms with Gasteiger partial charge in [-0.3, -0.25) is 0 Å². The highest BCUT2D eigenvalue weighted by molar-refractivity contribution is 5.62.